The number of rotatable bonds is 1. The van der Waals surface area contributed by atoms with Crippen LogP contribution in [-0.2, 0) is 11.3 Å². The van der Waals surface area contributed by atoms with Crippen LogP contribution >= 0.6 is 0 Å². The molecule has 5 nitrogen and oxygen atoms in total. The average molecular weight is 301 g/mol. The third-order valence-corrected chi connectivity index (χ3v) is 5.52. The second-order valence-electron chi connectivity index (χ2n) is 6.53. The number of methoxy groups -OCH3 is 1. The van der Waals surface area contributed by atoms with Crippen LogP contribution in [0.15, 0.2) is 23.8 Å². The Bertz CT molecular complexity index is 671. The van der Waals surface area contributed by atoms with Crippen molar-refractivity contribution in [3.63, 3.8) is 0 Å². The molecule has 1 aromatic carbocycles. The highest BCUT2D eigenvalue weighted by Gasteiger charge is 2.49. The first kappa shape index (κ1) is 12.9. The van der Waals surface area contributed by atoms with E-state index in [0.717, 1.165) is 31.0 Å². The first-order valence-electron chi connectivity index (χ1n) is 7.84. The van der Waals surface area contributed by atoms with Gasteiger partial charge in [-0.3, -0.25) is 4.90 Å². The third-order valence-electron chi connectivity index (χ3n) is 5.52. The van der Waals surface area contributed by atoms with Gasteiger partial charge in [-0.15, -0.1) is 0 Å². The summed E-state index contributed by atoms with van der Waals surface area (Å²) >= 11 is 0. The van der Waals surface area contributed by atoms with E-state index >= 15 is 0 Å². The predicted molar refractivity (Wildman–Crippen MR) is 79.0 cm³/mol. The van der Waals surface area contributed by atoms with Crippen LogP contribution in [0.3, 0.4) is 0 Å². The van der Waals surface area contributed by atoms with Crippen molar-refractivity contribution < 1.29 is 19.3 Å². The molecular formula is C17H19NO4. The van der Waals surface area contributed by atoms with Crippen molar-refractivity contribution in [2.45, 2.75) is 37.1 Å². The van der Waals surface area contributed by atoms with E-state index in [1.54, 1.807) is 7.11 Å². The number of fused-ring (bicyclic) bond motifs is 3. The van der Waals surface area contributed by atoms with E-state index in [4.69, 9.17) is 14.2 Å². The maximum Gasteiger partial charge on any atom is 0.231 e. The van der Waals surface area contributed by atoms with E-state index < -0.39 is 6.10 Å². The number of hydrogen-bond donors (Lipinski definition) is 1. The first-order valence-corrected chi connectivity index (χ1v) is 7.84. The number of ether oxygens (including phenoxy) is 3. The minimum absolute atomic E-state index is 0.0469. The molecule has 1 N–H and O–H groups in total. The Morgan fingerprint density at radius 2 is 2.09 bits per heavy atom. The number of benzene rings is 1. The summed E-state index contributed by atoms with van der Waals surface area (Å²) in [6.45, 7) is 2.24. The van der Waals surface area contributed by atoms with Crippen LogP contribution in [0.5, 0.6) is 11.5 Å². The molecule has 1 fully saturated rings. The van der Waals surface area contributed by atoms with Gasteiger partial charge in [0.05, 0.1) is 6.10 Å². The summed E-state index contributed by atoms with van der Waals surface area (Å²) in [5.41, 5.74) is 3.83. The molecular weight excluding hydrogens is 282 g/mol. The molecule has 0 amide bonds. The molecule has 3 heterocycles. The van der Waals surface area contributed by atoms with E-state index in [1.165, 1.54) is 16.7 Å². The molecule has 5 rings (SSSR count). The van der Waals surface area contributed by atoms with Crippen LogP contribution in [0.1, 0.15) is 23.5 Å². The molecule has 0 radical (unpaired) electrons. The summed E-state index contributed by atoms with van der Waals surface area (Å²) in [4.78, 5) is 2.47. The number of hydrogen-bond acceptors (Lipinski definition) is 5. The quantitative estimate of drug-likeness (QED) is 0.795. The van der Waals surface area contributed by atoms with E-state index in [-0.39, 0.29) is 18.8 Å². The van der Waals surface area contributed by atoms with Gasteiger partial charge in [-0.2, -0.15) is 0 Å². The molecule has 5 heteroatoms. The minimum Gasteiger partial charge on any atom is -0.454 e. The lowest BCUT2D eigenvalue weighted by Crippen LogP contribution is -2.50. The molecule has 0 aromatic heterocycles. The molecule has 0 spiro atoms. The van der Waals surface area contributed by atoms with Gasteiger partial charge in [-0.05, 0) is 29.7 Å². The highest BCUT2D eigenvalue weighted by molar-refractivity contribution is 5.53. The maximum atomic E-state index is 10.9. The van der Waals surface area contributed by atoms with Crippen LogP contribution in [0.4, 0.5) is 0 Å². The van der Waals surface area contributed by atoms with Gasteiger partial charge in [0.1, 0.15) is 6.10 Å². The summed E-state index contributed by atoms with van der Waals surface area (Å²) in [5, 5.41) is 10.9. The van der Waals surface area contributed by atoms with Gasteiger partial charge >= 0.3 is 0 Å². The van der Waals surface area contributed by atoms with Crippen molar-refractivity contribution in [1.82, 2.24) is 4.90 Å². The topological polar surface area (TPSA) is 51.2 Å². The van der Waals surface area contributed by atoms with E-state index in [0.29, 0.717) is 6.04 Å². The molecule has 4 aliphatic rings. The summed E-state index contributed by atoms with van der Waals surface area (Å²) < 4.78 is 16.6. The zero-order valence-electron chi connectivity index (χ0n) is 12.5. The van der Waals surface area contributed by atoms with E-state index in [1.807, 2.05) is 0 Å². The Hall–Kier alpha value is -1.56. The maximum absolute atomic E-state index is 10.9. The van der Waals surface area contributed by atoms with Crippen molar-refractivity contribution in [2.75, 3.05) is 20.4 Å². The van der Waals surface area contributed by atoms with Crippen LogP contribution in [-0.4, -0.2) is 48.7 Å². The molecule has 0 bridgehead atoms. The number of aliphatic hydroxyl groups is 1. The third kappa shape index (κ3) is 1.59. The van der Waals surface area contributed by atoms with Crippen LogP contribution in [0, 0.1) is 0 Å². The highest BCUT2D eigenvalue weighted by Crippen LogP contribution is 2.49. The fourth-order valence-corrected chi connectivity index (χ4v) is 4.54. The van der Waals surface area contributed by atoms with Gasteiger partial charge in [0.15, 0.2) is 11.5 Å². The SMILES string of the molecule is CO[C@H]1C=C2CCN3Cc4cc5c(cc4[C@H]([C@@H]1O)[C@@H]23)OCO5. The van der Waals surface area contributed by atoms with Gasteiger partial charge < -0.3 is 19.3 Å². The molecule has 0 saturated carbocycles. The Kier molecular flexibility index (Phi) is 2.63. The van der Waals surface area contributed by atoms with Crippen LogP contribution in [0.25, 0.3) is 0 Å². The van der Waals surface area contributed by atoms with Gasteiger partial charge in [0, 0.05) is 32.2 Å². The van der Waals surface area contributed by atoms with Crippen molar-refractivity contribution >= 4 is 0 Å². The average Bonchev–Trinajstić information content (AvgIpc) is 3.14. The molecule has 116 valence electrons. The van der Waals surface area contributed by atoms with Crippen LogP contribution < -0.4 is 9.47 Å². The fraction of sp³-hybridized carbons (Fsp3) is 0.529. The van der Waals surface area contributed by atoms with E-state index in [2.05, 4.69) is 23.1 Å². The largest absolute Gasteiger partial charge is 0.454 e. The molecule has 3 aliphatic heterocycles. The normalized spacial score (nSPS) is 35.1. The summed E-state index contributed by atoms with van der Waals surface area (Å²) in [6.07, 6.45) is 2.43. The molecule has 1 aromatic rings. The standard InChI is InChI=1S/C17H19NO4/c1-20-14-4-9-2-3-18-7-10-5-12-13(22-8-21-12)6-11(10)15(16(9)18)17(14)19/h4-6,14-17,19H,2-3,7-8H2,1H3/t14-,15-,16+,17+/m0/s1. The van der Waals surface area contributed by atoms with Gasteiger partial charge in [-0.1, -0.05) is 11.6 Å². The second-order valence-corrected chi connectivity index (χ2v) is 6.53. The smallest absolute Gasteiger partial charge is 0.231 e. The Morgan fingerprint density at radius 3 is 2.91 bits per heavy atom. The molecule has 4 atom stereocenters. The van der Waals surface area contributed by atoms with Crippen molar-refractivity contribution in [3.05, 3.63) is 34.9 Å². The minimum atomic E-state index is -0.529. The Balaban J connectivity index is 1.68. The number of nitrogens with zero attached hydrogens (tertiary/aromatic N) is 1. The van der Waals surface area contributed by atoms with E-state index in [9.17, 15) is 5.11 Å². The van der Waals surface area contributed by atoms with Gasteiger partial charge in [0.2, 0.25) is 6.79 Å². The Morgan fingerprint density at radius 1 is 1.27 bits per heavy atom. The number of aliphatic hydroxyl groups excluding tert-OH is 1. The highest BCUT2D eigenvalue weighted by atomic mass is 16.7. The van der Waals surface area contributed by atoms with Gasteiger partial charge in [0.25, 0.3) is 0 Å². The molecule has 1 saturated heterocycles. The van der Waals surface area contributed by atoms with Crippen molar-refractivity contribution in [2.24, 2.45) is 0 Å². The summed E-state index contributed by atoms with van der Waals surface area (Å²) in [6, 6.07) is 4.45. The zero-order valence-corrected chi connectivity index (χ0v) is 12.5. The zero-order chi connectivity index (χ0) is 14.8. The lowest BCUT2D eigenvalue weighted by molar-refractivity contribution is -0.0230. The molecule has 22 heavy (non-hydrogen) atoms. The summed E-state index contributed by atoms with van der Waals surface area (Å²) in [5.74, 6) is 1.66. The Labute approximate surface area is 129 Å². The van der Waals surface area contributed by atoms with Crippen molar-refractivity contribution in [3.8, 4) is 11.5 Å². The summed E-state index contributed by atoms with van der Waals surface area (Å²) in [7, 11) is 1.67. The lowest BCUT2D eigenvalue weighted by atomic mass is 9.73. The van der Waals surface area contributed by atoms with Crippen LogP contribution in [0.2, 0.25) is 0 Å². The predicted octanol–water partition coefficient (Wildman–Crippen LogP) is 1.40. The second kappa shape index (κ2) is 4.47. The van der Waals surface area contributed by atoms with Gasteiger partial charge in [-0.25, -0.2) is 0 Å². The first-order chi connectivity index (χ1) is 10.8. The molecule has 0 unspecified atom stereocenters. The molecule has 1 aliphatic carbocycles. The fourth-order valence-electron chi connectivity index (χ4n) is 4.54. The lowest BCUT2D eigenvalue weighted by Gasteiger charge is -2.45. The monoisotopic (exact) mass is 301 g/mol. The van der Waals surface area contributed by atoms with Crippen molar-refractivity contribution in [1.29, 1.82) is 0 Å².